The third-order valence-electron chi connectivity index (χ3n) is 9.83. The summed E-state index contributed by atoms with van der Waals surface area (Å²) in [5.41, 5.74) is 9.19. The molecule has 0 spiro atoms. The summed E-state index contributed by atoms with van der Waals surface area (Å²) in [6.07, 6.45) is 0. The topological polar surface area (TPSA) is 13.1 Å². The van der Waals surface area contributed by atoms with Gasteiger partial charge >= 0.3 is 0 Å². The third kappa shape index (κ3) is 3.97. The molecule has 0 aliphatic carbocycles. The fourth-order valence-electron chi connectivity index (χ4n) is 7.73. The van der Waals surface area contributed by atoms with Crippen LogP contribution < -0.4 is 0 Å². The standard InChI is InChI=1S/C46H28O/c1-2-12-29(13-3-1)30-22-24-43-40(26-30)41-28-32(23-25-44(41)47-43)45-36-18-8-10-20-38(36)46(39-21-11-9-19-37(39)45)42-27-31-14-4-5-15-33(31)34-16-6-7-17-35(34)42/h1-28H. The highest BCUT2D eigenvalue weighted by Gasteiger charge is 2.20. The Bertz CT molecular complexity index is 2780. The largest absolute Gasteiger partial charge is 0.456 e. The van der Waals surface area contributed by atoms with E-state index in [-0.39, 0.29) is 0 Å². The Labute approximate surface area is 271 Å². The van der Waals surface area contributed by atoms with Crippen LogP contribution in [0.2, 0.25) is 0 Å². The lowest BCUT2D eigenvalue weighted by Crippen LogP contribution is -1.92. The van der Waals surface area contributed by atoms with Crippen LogP contribution in [-0.2, 0) is 0 Å². The van der Waals surface area contributed by atoms with E-state index in [4.69, 9.17) is 4.42 Å². The molecule has 0 bridgehead atoms. The lowest BCUT2D eigenvalue weighted by molar-refractivity contribution is 0.669. The van der Waals surface area contributed by atoms with Crippen LogP contribution in [0.4, 0.5) is 0 Å². The molecule has 10 rings (SSSR count). The van der Waals surface area contributed by atoms with Crippen LogP contribution in [0, 0.1) is 0 Å². The Morgan fingerprint density at radius 1 is 0.277 bits per heavy atom. The molecule has 0 saturated carbocycles. The van der Waals surface area contributed by atoms with Gasteiger partial charge in [-0.1, -0.05) is 140 Å². The predicted octanol–water partition coefficient (Wildman–Crippen LogP) is 13.2. The quantitative estimate of drug-likeness (QED) is 0.146. The fraction of sp³-hybridized carbons (Fsp3) is 0. The van der Waals surface area contributed by atoms with Crippen molar-refractivity contribution < 1.29 is 4.42 Å². The maximum atomic E-state index is 6.36. The molecule has 1 aromatic heterocycles. The van der Waals surface area contributed by atoms with Crippen LogP contribution >= 0.6 is 0 Å². The Morgan fingerprint density at radius 3 is 1.43 bits per heavy atom. The number of hydrogen-bond donors (Lipinski definition) is 0. The summed E-state index contributed by atoms with van der Waals surface area (Å²) in [5.74, 6) is 0. The molecular formula is C46H28O. The normalized spacial score (nSPS) is 11.8. The molecule has 0 fully saturated rings. The van der Waals surface area contributed by atoms with E-state index in [1.165, 1.54) is 76.5 Å². The van der Waals surface area contributed by atoms with Crippen molar-refractivity contribution in [2.45, 2.75) is 0 Å². The van der Waals surface area contributed by atoms with E-state index in [1.807, 2.05) is 0 Å². The zero-order valence-corrected chi connectivity index (χ0v) is 25.6. The minimum Gasteiger partial charge on any atom is -0.456 e. The SMILES string of the molecule is c1ccc(-c2ccc3oc4ccc(-c5c6ccccc6c(-c6cc7ccccc7c7ccccc67)c6ccccc56)cc4c3c2)cc1. The molecule has 0 N–H and O–H groups in total. The molecule has 0 atom stereocenters. The van der Waals surface area contributed by atoms with Crippen molar-refractivity contribution in [2.24, 2.45) is 0 Å². The number of benzene rings is 9. The van der Waals surface area contributed by atoms with Gasteiger partial charge in [-0.05, 0) is 107 Å². The second-order valence-electron chi connectivity index (χ2n) is 12.4. The summed E-state index contributed by atoms with van der Waals surface area (Å²) < 4.78 is 6.36. The molecule has 0 saturated heterocycles. The van der Waals surface area contributed by atoms with Gasteiger partial charge in [0.1, 0.15) is 11.2 Å². The summed E-state index contributed by atoms with van der Waals surface area (Å²) >= 11 is 0. The molecule has 0 aliphatic rings. The van der Waals surface area contributed by atoms with Gasteiger partial charge in [-0.15, -0.1) is 0 Å². The van der Waals surface area contributed by atoms with E-state index in [9.17, 15) is 0 Å². The van der Waals surface area contributed by atoms with Crippen LogP contribution in [-0.4, -0.2) is 0 Å². The molecule has 1 heterocycles. The van der Waals surface area contributed by atoms with Gasteiger partial charge in [0.2, 0.25) is 0 Å². The summed E-state index contributed by atoms with van der Waals surface area (Å²) in [4.78, 5) is 0. The van der Waals surface area contributed by atoms with E-state index in [0.717, 1.165) is 21.9 Å². The van der Waals surface area contributed by atoms with Gasteiger partial charge in [-0.25, -0.2) is 0 Å². The minimum absolute atomic E-state index is 0.904. The fourth-order valence-corrected chi connectivity index (χ4v) is 7.73. The first kappa shape index (κ1) is 26.1. The van der Waals surface area contributed by atoms with E-state index >= 15 is 0 Å². The number of rotatable bonds is 3. The van der Waals surface area contributed by atoms with Crippen molar-refractivity contribution in [3.63, 3.8) is 0 Å². The van der Waals surface area contributed by atoms with Crippen LogP contribution in [0.3, 0.4) is 0 Å². The number of furan rings is 1. The van der Waals surface area contributed by atoms with Gasteiger partial charge in [-0.3, -0.25) is 0 Å². The van der Waals surface area contributed by atoms with Crippen molar-refractivity contribution in [3.8, 4) is 33.4 Å². The zero-order valence-electron chi connectivity index (χ0n) is 25.6. The Kier molecular flexibility index (Phi) is 5.64. The van der Waals surface area contributed by atoms with Crippen LogP contribution in [0.1, 0.15) is 0 Å². The maximum Gasteiger partial charge on any atom is 0.135 e. The number of fused-ring (bicyclic) bond motifs is 8. The smallest absolute Gasteiger partial charge is 0.135 e. The number of hydrogen-bond acceptors (Lipinski definition) is 1. The Morgan fingerprint density at radius 2 is 0.766 bits per heavy atom. The molecule has 9 aromatic carbocycles. The zero-order chi connectivity index (χ0) is 30.9. The molecule has 1 heteroatoms. The second kappa shape index (κ2) is 10.2. The molecular weight excluding hydrogens is 569 g/mol. The van der Waals surface area contributed by atoms with Gasteiger partial charge in [0.15, 0.2) is 0 Å². The van der Waals surface area contributed by atoms with E-state index in [2.05, 4.69) is 170 Å². The first-order valence-electron chi connectivity index (χ1n) is 16.2. The summed E-state index contributed by atoms with van der Waals surface area (Å²) in [7, 11) is 0. The molecule has 1 nitrogen and oxygen atoms in total. The lowest BCUT2D eigenvalue weighted by Gasteiger charge is -2.19. The average molecular weight is 597 g/mol. The lowest BCUT2D eigenvalue weighted by atomic mass is 9.83. The highest BCUT2D eigenvalue weighted by Crippen LogP contribution is 2.47. The summed E-state index contributed by atoms with van der Waals surface area (Å²) in [6, 6.07) is 61.6. The van der Waals surface area contributed by atoms with E-state index in [0.29, 0.717) is 0 Å². The van der Waals surface area contributed by atoms with Gasteiger partial charge in [-0.2, -0.15) is 0 Å². The molecule has 0 unspecified atom stereocenters. The second-order valence-corrected chi connectivity index (χ2v) is 12.4. The highest BCUT2D eigenvalue weighted by molar-refractivity contribution is 6.26. The van der Waals surface area contributed by atoms with Gasteiger partial charge in [0.05, 0.1) is 0 Å². The van der Waals surface area contributed by atoms with Gasteiger partial charge in [0.25, 0.3) is 0 Å². The van der Waals surface area contributed by atoms with Crippen LogP contribution in [0.15, 0.2) is 174 Å². The maximum absolute atomic E-state index is 6.36. The monoisotopic (exact) mass is 596 g/mol. The van der Waals surface area contributed by atoms with Crippen molar-refractivity contribution >= 4 is 65.0 Å². The summed E-state index contributed by atoms with van der Waals surface area (Å²) in [6.45, 7) is 0. The van der Waals surface area contributed by atoms with Crippen molar-refractivity contribution in [1.29, 1.82) is 0 Å². The summed E-state index contributed by atoms with van der Waals surface area (Å²) in [5, 5.41) is 12.4. The Hall–Kier alpha value is -6.18. The van der Waals surface area contributed by atoms with E-state index in [1.54, 1.807) is 0 Å². The first-order chi connectivity index (χ1) is 23.3. The molecule has 218 valence electrons. The molecule has 10 aromatic rings. The molecule has 0 aliphatic heterocycles. The Balaban J connectivity index is 1.28. The third-order valence-corrected chi connectivity index (χ3v) is 9.83. The molecule has 47 heavy (non-hydrogen) atoms. The van der Waals surface area contributed by atoms with Crippen LogP contribution in [0.5, 0.6) is 0 Å². The predicted molar refractivity (Wildman–Crippen MR) is 200 cm³/mol. The van der Waals surface area contributed by atoms with Crippen molar-refractivity contribution in [2.75, 3.05) is 0 Å². The minimum atomic E-state index is 0.904. The van der Waals surface area contributed by atoms with Gasteiger partial charge in [0, 0.05) is 10.8 Å². The van der Waals surface area contributed by atoms with Crippen LogP contribution in [0.25, 0.3) is 98.4 Å². The van der Waals surface area contributed by atoms with Crippen molar-refractivity contribution in [3.05, 3.63) is 170 Å². The van der Waals surface area contributed by atoms with Crippen molar-refractivity contribution in [1.82, 2.24) is 0 Å². The van der Waals surface area contributed by atoms with Gasteiger partial charge < -0.3 is 4.42 Å². The highest BCUT2D eigenvalue weighted by atomic mass is 16.3. The average Bonchev–Trinajstić information content (AvgIpc) is 3.51. The van der Waals surface area contributed by atoms with E-state index < -0.39 is 0 Å². The molecule has 0 radical (unpaired) electrons. The molecule has 0 amide bonds. The first-order valence-corrected chi connectivity index (χ1v) is 16.2.